The van der Waals surface area contributed by atoms with Crippen LogP contribution in [0.2, 0.25) is 0 Å². The summed E-state index contributed by atoms with van der Waals surface area (Å²) in [4.78, 5) is 26.9. The molecule has 1 N–H and O–H groups in total. The van der Waals surface area contributed by atoms with Crippen LogP contribution in [0.3, 0.4) is 0 Å². The second-order valence-electron chi connectivity index (χ2n) is 4.42. The Morgan fingerprint density at radius 3 is 2.70 bits per heavy atom. The maximum absolute atomic E-state index is 12.5. The molecular weight excluding hydrogens is 383 g/mol. The number of rotatable bonds is 4. The van der Waals surface area contributed by atoms with Crippen LogP contribution in [0.1, 0.15) is 12.6 Å². The molecule has 23 heavy (non-hydrogen) atoms. The highest BCUT2D eigenvalue weighted by Crippen LogP contribution is 2.24. The van der Waals surface area contributed by atoms with E-state index in [4.69, 9.17) is 4.74 Å². The Morgan fingerprint density at radius 2 is 2.09 bits per heavy atom. The first-order chi connectivity index (χ1) is 10.7. The number of alkyl halides is 3. The molecule has 0 radical (unpaired) electrons. The van der Waals surface area contributed by atoms with Crippen molar-refractivity contribution in [3.63, 3.8) is 0 Å². The van der Waals surface area contributed by atoms with Gasteiger partial charge in [0.2, 0.25) is 0 Å². The van der Waals surface area contributed by atoms with Crippen LogP contribution in [-0.4, -0.2) is 34.0 Å². The Labute approximate surface area is 136 Å². The number of anilines is 1. The fourth-order valence-corrected chi connectivity index (χ4v) is 2.19. The highest BCUT2D eigenvalue weighted by atomic mass is 79.9. The van der Waals surface area contributed by atoms with Gasteiger partial charge in [0, 0.05) is 10.7 Å². The first-order valence-corrected chi connectivity index (χ1v) is 7.22. The number of imidazole rings is 1. The maximum Gasteiger partial charge on any atom is 0.471 e. The molecule has 2 aromatic rings. The van der Waals surface area contributed by atoms with Crippen LogP contribution in [-0.2, 0) is 20.7 Å². The van der Waals surface area contributed by atoms with E-state index in [1.54, 1.807) is 18.3 Å². The van der Waals surface area contributed by atoms with E-state index in [-0.39, 0.29) is 30.2 Å². The predicted octanol–water partition coefficient (Wildman–Crippen LogP) is 2.70. The quantitative estimate of drug-likeness (QED) is 0.810. The molecule has 0 spiro atoms. The average molecular weight is 394 g/mol. The zero-order valence-electron chi connectivity index (χ0n) is 11.8. The molecule has 6 nitrogen and oxygen atoms in total. The van der Waals surface area contributed by atoms with Crippen LogP contribution in [0.4, 0.5) is 19.0 Å². The van der Waals surface area contributed by atoms with Crippen LogP contribution in [0.15, 0.2) is 22.8 Å². The summed E-state index contributed by atoms with van der Waals surface area (Å²) >= 11 is 3.18. The molecular formula is C13H11BrF3N3O3. The first-order valence-electron chi connectivity index (χ1n) is 6.42. The summed E-state index contributed by atoms with van der Waals surface area (Å²) in [6, 6.07) is 3.16. The summed E-state index contributed by atoms with van der Waals surface area (Å²) in [5.74, 6) is -3.03. The number of pyridine rings is 1. The normalized spacial score (nSPS) is 11.5. The van der Waals surface area contributed by atoms with Gasteiger partial charge in [-0.25, -0.2) is 4.98 Å². The number of carbonyl (C=O) groups excluding carboxylic acids is 2. The van der Waals surface area contributed by atoms with Crippen molar-refractivity contribution in [3.8, 4) is 0 Å². The van der Waals surface area contributed by atoms with Crippen molar-refractivity contribution in [1.82, 2.24) is 9.38 Å². The smallest absolute Gasteiger partial charge is 0.466 e. The Bertz CT molecular complexity index is 758. The molecule has 10 heteroatoms. The van der Waals surface area contributed by atoms with Crippen molar-refractivity contribution in [2.24, 2.45) is 0 Å². The predicted molar refractivity (Wildman–Crippen MR) is 77.9 cm³/mol. The zero-order valence-corrected chi connectivity index (χ0v) is 13.4. The Balaban J connectivity index is 2.46. The Hall–Kier alpha value is -2.10. The van der Waals surface area contributed by atoms with Crippen LogP contribution in [0, 0.1) is 0 Å². The van der Waals surface area contributed by atoms with E-state index in [0.717, 1.165) is 0 Å². The largest absolute Gasteiger partial charge is 0.471 e. The lowest BCUT2D eigenvalue weighted by Gasteiger charge is -2.09. The van der Waals surface area contributed by atoms with Crippen LogP contribution < -0.4 is 5.32 Å². The van der Waals surface area contributed by atoms with Gasteiger partial charge in [-0.1, -0.05) is 0 Å². The number of ether oxygens (including phenoxy) is 1. The van der Waals surface area contributed by atoms with E-state index in [1.165, 1.54) is 16.7 Å². The van der Waals surface area contributed by atoms with E-state index >= 15 is 0 Å². The van der Waals surface area contributed by atoms with Crippen LogP contribution in [0.25, 0.3) is 5.65 Å². The lowest BCUT2D eigenvalue weighted by molar-refractivity contribution is -0.167. The van der Waals surface area contributed by atoms with E-state index < -0.39 is 18.1 Å². The lowest BCUT2D eigenvalue weighted by atomic mass is 10.3. The van der Waals surface area contributed by atoms with E-state index in [9.17, 15) is 22.8 Å². The minimum Gasteiger partial charge on any atom is -0.466 e. The second kappa shape index (κ2) is 6.57. The number of nitrogens with one attached hydrogen (secondary N) is 1. The summed E-state index contributed by atoms with van der Waals surface area (Å²) in [5.41, 5.74) is 0.268. The van der Waals surface area contributed by atoms with Crippen molar-refractivity contribution in [3.05, 3.63) is 28.5 Å². The van der Waals surface area contributed by atoms with Crippen LogP contribution >= 0.6 is 15.9 Å². The van der Waals surface area contributed by atoms with Gasteiger partial charge in [-0.2, -0.15) is 13.2 Å². The van der Waals surface area contributed by atoms with Crippen molar-refractivity contribution < 1.29 is 27.5 Å². The SMILES string of the molecule is CCOC(=O)Cc1nc2ccc(Br)cn2c1NC(=O)C(F)(F)F. The maximum atomic E-state index is 12.5. The van der Waals surface area contributed by atoms with Gasteiger partial charge < -0.3 is 10.1 Å². The molecule has 124 valence electrons. The minimum absolute atomic E-state index is 0.0147. The molecule has 2 heterocycles. The monoisotopic (exact) mass is 393 g/mol. The number of esters is 1. The molecule has 0 unspecified atom stereocenters. The third-order valence-electron chi connectivity index (χ3n) is 2.76. The number of halogens is 4. The highest BCUT2D eigenvalue weighted by Gasteiger charge is 2.39. The molecule has 2 rings (SSSR count). The molecule has 0 aromatic carbocycles. The number of hydrogen-bond donors (Lipinski definition) is 1. The summed E-state index contributed by atoms with van der Waals surface area (Å²) in [6.45, 7) is 1.73. The number of hydrogen-bond acceptors (Lipinski definition) is 4. The van der Waals surface area contributed by atoms with Gasteiger partial charge in [-0.05, 0) is 35.0 Å². The highest BCUT2D eigenvalue weighted by molar-refractivity contribution is 9.10. The van der Waals surface area contributed by atoms with Crippen molar-refractivity contribution in [2.75, 3.05) is 11.9 Å². The molecule has 0 bridgehead atoms. The molecule has 0 aliphatic carbocycles. The third kappa shape index (κ3) is 4.01. The van der Waals surface area contributed by atoms with E-state index in [1.807, 2.05) is 0 Å². The van der Waals surface area contributed by atoms with Crippen molar-refractivity contribution in [2.45, 2.75) is 19.5 Å². The number of aromatic nitrogens is 2. The number of nitrogens with zero attached hydrogens (tertiary/aromatic N) is 2. The lowest BCUT2D eigenvalue weighted by Crippen LogP contribution is -2.31. The van der Waals surface area contributed by atoms with Gasteiger partial charge in [0.25, 0.3) is 0 Å². The summed E-state index contributed by atoms with van der Waals surface area (Å²) < 4.78 is 44.1. The zero-order chi connectivity index (χ0) is 17.2. The molecule has 0 aliphatic rings. The second-order valence-corrected chi connectivity index (χ2v) is 5.33. The van der Waals surface area contributed by atoms with Gasteiger partial charge in [0.05, 0.1) is 18.7 Å². The number of amides is 1. The average Bonchev–Trinajstić information content (AvgIpc) is 2.75. The Morgan fingerprint density at radius 1 is 1.39 bits per heavy atom. The Kier molecular flexibility index (Phi) is 4.93. The fraction of sp³-hybridized carbons (Fsp3) is 0.308. The molecule has 0 aliphatic heterocycles. The molecule has 0 fully saturated rings. The molecule has 1 amide bonds. The van der Waals surface area contributed by atoms with Gasteiger partial charge in [-0.15, -0.1) is 0 Å². The molecule has 0 saturated heterocycles. The summed E-state index contributed by atoms with van der Waals surface area (Å²) in [5, 5.41) is 1.76. The van der Waals surface area contributed by atoms with E-state index in [2.05, 4.69) is 20.9 Å². The van der Waals surface area contributed by atoms with Crippen LogP contribution in [0.5, 0.6) is 0 Å². The first kappa shape index (κ1) is 17.3. The topological polar surface area (TPSA) is 72.7 Å². The van der Waals surface area contributed by atoms with Crippen molar-refractivity contribution >= 4 is 39.3 Å². The van der Waals surface area contributed by atoms with Gasteiger partial charge >= 0.3 is 18.1 Å². The van der Waals surface area contributed by atoms with Crippen molar-refractivity contribution in [1.29, 1.82) is 0 Å². The van der Waals surface area contributed by atoms with Gasteiger partial charge in [0.15, 0.2) is 0 Å². The van der Waals surface area contributed by atoms with E-state index in [0.29, 0.717) is 4.47 Å². The summed E-state index contributed by atoms with van der Waals surface area (Å²) in [6.07, 6.45) is -3.99. The number of carbonyl (C=O) groups is 2. The third-order valence-corrected chi connectivity index (χ3v) is 3.23. The van der Waals surface area contributed by atoms with Gasteiger partial charge in [-0.3, -0.25) is 14.0 Å². The number of fused-ring (bicyclic) bond motifs is 1. The standard InChI is InChI=1S/C13H11BrF3N3O3/c1-2-23-10(21)5-8-11(19-12(22)13(15,16)17)20-6-7(14)3-4-9(20)18-8/h3-4,6H,2,5H2,1H3,(H,19,22). The molecule has 0 atom stereocenters. The van der Waals surface area contributed by atoms with Gasteiger partial charge in [0.1, 0.15) is 11.5 Å². The molecule has 0 saturated carbocycles. The summed E-state index contributed by atoms with van der Waals surface area (Å²) in [7, 11) is 0. The minimum atomic E-state index is -5.06. The fourth-order valence-electron chi connectivity index (χ4n) is 1.85. The molecule has 2 aromatic heterocycles.